The van der Waals surface area contributed by atoms with Gasteiger partial charge in [-0.25, -0.2) is 13.4 Å². The van der Waals surface area contributed by atoms with E-state index < -0.39 is 10.0 Å². The molecule has 0 radical (unpaired) electrons. The molecule has 2 rings (SSSR count). The maximum absolute atomic E-state index is 11.9. The third-order valence-electron chi connectivity index (χ3n) is 2.96. The summed E-state index contributed by atoms with van der Waals surface area (Å²) in [4.78, 5) is 4.18. The first kappa shape index (κ1) is 14.3. The Labute approximate surface area is 114 Å². The van der Waals surface area contributed by atoms with E-state index in [1.54, 1.807) is 6.07 Å². The van der Waals surface area contributed by atoms with Crippen molar-refractivity contribution in [2.75, 3.05) is 17.0 Å². The van der Waals surface area contributed by atoms with Crippen molar-refractivity contribution in [1.29, 1.82) is 0 Å². The van der Waals surface area contributed by atoms with E-state index in [1.165, 1.54) is 12.8 Å². The van der Waals surface area contributed by atoms with Gasteiger partial charge >= 0.3 is 0 Å². The summed E-state index contributed by atoms with van der Waals surface area (Å²) in [5, 5.41) is 3.30. The van der Waals surface area contributed by atoms with E-state index in [2.05, 4.69) is 15.0 Å². The lowest BCUT2D eigenvalue weighted by Crippen LogP contribution is -2.23. The standard InChI is InChI=1S/C13H21N3O2S/c1-10-8-11(2)15-13(9-10)16-19(17,18)7-3-6-14-12-4-5-12/h8-9,12,14H,3-7H2,1-2H3,(H,15,16). The number of aromatic nitrogens is 1. The molecule has 1 aliphatic carbocycles. The van der Waals surface area contributed by atoms with Gasteiger partial charge in [0, 0.05) is 11.7 Å². The molecule has 0 aliphatic heterocycles. The SMILES string of the molecule is Cc1cc(C)nc(NS(=O)(=O)CCCNC2CC2)c1. The van der Waals surface area contributed by atoms with Gasteiger partial charge in [0.2, 0.25) is 10.0 Å². The molecular weight excluding hydrogens is 262 g/mol. The second-order valence-electron chi connectivity index (χ2n) is 5.17. The van der Waals surface area contributed by atoms with E-state index in [0.717, 1.165) is 17.8 Å². The molecule has 0 atom stereocenters. The number of nitrogens with zero attached hydrogens (tertiary/aromatic N) is 1. The molecule has 1 aromatic heterocycles. The minimum absolute atomic E-state index is 0.126. The van der Waals surface area contributed by atoms with Crippen LogP contribution >= 0.6 is 0 Å². The lowest BCUT2D eigenvalue weighted by atomic mass is 10.2. The molecule has 0 bridgehead atoms. The topological polar surface area (TPSA) is 71.1 Å². The van der Waals surface area contributed by atoms with Gasteiger partial charge < -0.3 is 5.32 Å². The van der Waals surface area contributed by atoms with Gasteiger partial charge in [-0.2, -0.15) is 0 Å². The van der Waals surface area contributed by atoms with E-state index in [9.17, 15) is 8.42 Å². The molecule has 1 saturated carbocycles. The Balaban J connectivity index is 1.84. The van der Waals surface area contributed by atoms with Crippen LogP contribution in [0.15, 0.2) is 12.1 Å². The van der Waals surface area contributed by atoms with Crippen LogP contribution in [-0.2, 0) is 10.0 Å². The lowest BCUT2D eigenvalue weighted by molar-refractivity contribution is 0.593. The van der Waals surface area contributed by atoms with Crippen LogP contribution in [0.1, 0.15) is 30.5 Å². The summed E-state index contributed by atoms with van der Waals surface area (Å²) in [6.07, 6.45) is 3.06. The summed E-state index contributed by atoms with van der Waals surface area (Å²) in [6.45, 7) is 4.53. The minimum Gasteiger partial charge on any atom is -0.314 e. The zero-order valence-electron chi connectivity index (χ0n) is 11.4. The number of pyridine rings is 1. The van der Waals surface area contributed by atoms with Gasteiger partial charge in [-0.15, -0.1) is 0 Å². The monoisotopic (exact) mass is 283 g/mol. The molecule has 6 heteroatoms. The van der Waals surface area contributed by atoms with Crippen molar-refractivity contribution in [2.45, 2.75) is 39.2 Å². The average Bonchev–Trinajstić information content (AvgIpc) is 3.06. The lowest BCUT2D eigenvalue weighted by Gasteiger charge is -2.09. The van der Waals surface area contributed by atoms with Crippen molar-refractivity contribution in [2.24, 2.45) is 0 Å². The predicted octanol–water partition coefficient (Wildman–Crippen LogP) is 1.58. The largest absolute Gasteiger partial charge is 0.314 e. The highest BCUT2D eigenvalue weighted by atomic mass is 32.2. The summed E-state index contributed by atoms with van der Waals surface area (Å²) in [7, 11) is -3.30. The molecule has 1 aliphatic rings. The molecule has 0 aromatic carbocycles. The molecule has 1 fully saturated rings. The molecule has 0 spiro atoms. The molecule has 106 valence electrons. The fraction of sp³-hybridized carbons (Fsp3) is 0.615. The summed E-state index contributed by atoms with van der Waals surface area (Å²) >= 11 is 0. The Bertz CT molecular complexity index is 519. The summed E-state index contributed by atoms with van der Waals surface area (Å²) in [5.41, 5.74) is 1.81. The highest BCUT2D eigenvalue weighted by molar-refractivity contribution is 7.92. The van der Waals surface area contributed by atoms with Crippen LogP contribution in [0.25, 0.3) is 0 Å². The van der Waals surface area contributed by atoms with E-state index in [0.29, 0.717) is 18.3 Å². The quantitative estimate of drug-likeness (QED) is 0.745. The molecule has 1 aromatic rings. The number of hydrogen-bond donors (Lipinski definition) is 2. The Morgan fingerprint density at radius 3 is 2.68 bits per heavy atom. The Morgan fingerprint density at radius 2 is 2.05 bits per heavy atom. The number of nitrogens with one attached hydrogen (secondary N) is 2. The molecule has 0 amide bonds. The molecular formula is C13H21N3O2S. The fourth-order valence-electron chi connectivity index (χ4n) is 1.96. The first-order valence-electron chi connectivity index (χ1n) is 6.64. The van der Waals surface area contributed by atoms with Crippen LogP contribution in [0.3, 0.4) is 0 Å². The minimum atomic E-state index is -3.30. The molecule has 0 saturated heterocycles. The van der Waals surface area contributed by atoms with Gasteiger partial charge in [0.15, 0.2) is 0 Å². The Hall–Kier alpha value is -1.14. The van der Waals surface area contributed by atoms with Gasteiger partial charge in [-0.3, -0.25) is 4.72 Å². The highest BCUT2D eigenvalue weighted by Crippen LogP contribution is 2.18. The number of anilines is 1. The Kier molecular flexibility index (Phi) is 4.42. The number of rotatable bonds is 7. The van der Waals surface area contributed by atoms with Gasteiger partial charge in [-0.1, -0.05) is 0 Å². The maximum Gasteiger partial charge on any atom is 0.233 e. The average molecular weight is 283 g/mol. The van der Waals surface area contributed by atoms with E-state index in [-0.39, 0.29) is 5.75 Å². The van der Waals surface area contributed by atoms with E-state index in [4.69, 9.17) is 0 Å². The van der Waals surface area contributed by atoms with E-state index in [1.807, 2.05) is 19.9 Å². The van der Waals surface area contributed by atoms with E-state index >= 15 is 0 Å². The number of aryl methyl sites for hydroxylation is 2. The first-order chi connectivity index (χ1) is 8.94. The summed E-state index contributed by atoms with van der Waals surface area (Å²) in [5.74, 6) is 0.536. The zero-order valence-corrected chi connectivity index (χ0v) is 12.3. The van der Waals surface area contributed by atoms with Crippen LogP contribution in [-0.4, -0.2) is 31.7 Å². The summed E-state index contributed by atoms with van der Waals surface area (Å²) < 4.78 is 26.3. The van der Waals surface area contributed by atoms with Gasteiger partial charge in [0.1, 0.15) is 5.82 Å². The molecule has 5 nitrogen and oxygen atoms in total. The van der Waals surface area contributed by atoms with Crippen LogP contribution in [0.2, 0.25) is 0 Å². The van der Waals surface area contributed by atoms with Crippen LogP contribution in [0.5, 0.6) is 0 Å². The smallest absolute Gasteiger partial charge is 0.233 e. The Morgan fingerprint density at radius 1 is 1.32 bits per heavy atom. The van der Waals surface area contributed by atoms with Crippen molar-refractivity contribution < 1.29 is 8.42 Å². The van der Waals surface area contributed by atoms with Crippen molar-refractivity contribution in [1.82, 2.24) is 10.3 Å². The third kappa shape index (κ3) is 5.16. The molecule has 2 N–H and O–H groups in total. The normalized spacial score (nSPS) is 15.5. The van der Waals surface area contributed by atoms with Gasteiger partial charge in [0.05, 0.1) is 5.75 Å². The second kappa shape index (κ2) is 5.88. The highest BCUT2D eigenvalue weighted by Gasteiger charge is 2.20. The fourth-order valence-corrected chi connectivity index (χ4v) is 3.01. The molecule has 19 heavy (non-hydrogen) atoms. The van der Waals surface area contributed by atoms with Crippen LogP contribution < -0.4 is 10.0 Å². The van der Waals surface area contributed by atoms with Crippen LogP contribution in [0.4, 0.5) is 5.82 Å². The van der Waals surface area contributed by atoms with Crippen LogP contribution in [0, 0.1) is 13.8 Å². The number of hydrogen-bond acceptors (Lipinski definition) is 4. The van der Waals surface area contributed by atoms with Gasteiger partial charge in [0.25, 0.3) is 0 Å². The second-order valence-corrected chi connectivity index (χ2v) is 7.02. The van der Waals surface area contributed by atoms with Crippen molar-refractivity contribution >= 4 is 15.8 Å². The van der Waals surface area contributed by atoms with Crippen molar-refractivity contribution in [3.05, 3.63) is 23.4 Å². The van der Waals surface area contributed by atoms with Gasteiger partial charge in [-0.05, 0) is 57.4 Å². The first-order valence-corrected chi connectivity index (χ1v) is 8.29. The maximum atomic E-state index is 11.9. The molecule has 1 heterocycles. The summed E-state index contributed by atoms with van der Waals surface area (Å²) in [6, 6.07) is 4.28. The van der Waals surface area contributed by atoms with Crippen molar-refractivity contribution in [3.8, 4) is 0 Å². The van der Waals surface area contributed by atoms with Crippen molar-refractivity contribution in [3.63, 3.8) is 0 Å². The zero-order chi connectivity index (χ0) is 13.9. The molecule has 0 unspecified atom stereocenters. The number of sulfonamides is 1. The third-order valence-corrected chi connectivity index (χ3v) is 4.30. The predicted molar refractivity (Wildman–Crippen MR) is 76.8 cm³/mol.